The molecule has 2 aliphatic carbocycles. The second-order valence-corrected chi connectivity index (χ2v) is 9.30. The summed E-state index contributed by atoms with van der Waals surface area (Å²) in [5, 5.41) is 0. The Morgan fingerprint density at radius 3 is 2.19 bits per heavy atom. The van der Waals surface area contributed by atoms with Crippen molar-refractivity contribution >= 4 is 0 Å². The average molecular weight is 359 g/mol. The summed E-state index contributed by atoms with van der Waals surface area (Å²) < 4.78 is 0. The molecule has 0 aromatic heterocycles. The Hall–Kier alpha value is -0.520. The van der Waals surface area contributed by atoms with E-state index in [0.717, 1.165) is 23.7 Å². The summed E-state index contributed by atoms with van der Waals surface area (Å²) in [4.78, 5) is 0. The molecular weight excluding hydrogens is 312 g/mol. The Balaban J connectivity index is 1.52. The van der Waals surface area contributed by atoms with Crippen molar-refractivity contribution in [2.24, 2.45) is 23.7 Å². The highest BCUT2D eigenvalue weighted by molar-refractivity contribution is 4.91. The van der Waals surface area contributed by atoms with Crippen molar-refractivity contribution in [3.8, 4) is 0 Å². The van der Waals surface area contributed by atoms with Gasteiger partial charge >= 0.3 is 0 Å². The number of allylic oxidation sites excluding steroid dienone is 4. The highest BCUT2D eigenvalue weighted by Gasteiger charge is 2.21. The quantitative estimate of drug-likeness (QED) is 0.255. The molecule has 2 fully saturated rings. The number of hydrogen-bond donors (Lipinski definition) is 0. The first-order valence-electron chi connectivity index (χ1n) is 12.1. The first kappa shape index (κ1) is 21.8. The van der Waals surface area contributed by atoms with Crippen LogP contribution in [0, 0.1) is 23.7 Å². The summed E-state index contributed by atoms with van der Waals surface area (Å²) in [7, 11) is 0. The Labute approximate surface area is 164 Å². The van der Waals surface area contributed by atoms with Gasteiger partial charge in [-0.2, -0.15) is 0 Å². The van der Waals surface area contributed by atoms with Crippen molar-refractivity contribution in [3.63, 3.8) is 0 Å². The van der Waals surface area contributed by atoms with Crippen molar-refractivity contribution in [2.45, 2.75) is 117 Å². The van der Waals surface area contributed by atoms with Crippen LogP contribution in [0.3, 0.4) is 0 Å². The molecule has 0 radical (unpaired) electrons. The summed E-state index contributed by atoms with van der Waals surface area (Å²) in [6.07, 6.45) is 32.8. The zero-order chi connectivity index (χ0) is 18.5. The Morgan fingerprint density at radius 1 is 0.731 bits per heavy atom. The molecule has 0 amide bonds. The molecule has 0 heterocycles. The fraction of sp³-hybridized carbons (Fsp3) is 0.846. The van der Waals surface area contributed by atoms with Crippen molar-refractivity contribution in [2.75, 3.05) is 0 Å². The number of hydrogen-bond acceptors (Lipinski definition) is 0. The highest BCUT2D eigenvalue weighted by Crippen LogP contribution is 2.36. The van der Waals surface area contributed by atoms with Crippen LogP contribution in [0.5, 0.6) is 0 Å². The fourth-order valence-corrected chi connectivity index (χ4v) is 5.30. The van der Waals surface area contributed by atoms with E-state index in [1.165, 1.54) is 103 Å². The Morgan fingerprint density at radius 2 is 1.46 bits per heavy atom. The van der Waals surface area contributed by atoms with E-state index in [4.69, 9.17) is 0 Å². The van der Waals surface area contributed by atoms with E-state index in [1.807, 2.05) is 0 Å². The predicted molar refractivity (Wildman–Crippen MR) is 117 cm³/mol. The van der Waals surface area contributed by atoms with Gasteiger partial charge in [0.25, 0.3) is 0 Å². The molecule has 0 spiro atoms. The maximum Gasteiger partial charge on any atom is -0.0231 e. The van der Waals surface area contributed by atoms with E-state index in [0.29, 0.717) is 0 Å². The summed E-state index contributed by atoms with van der Waals surface area (Å²) in [6, 6.07) is 0. The van der Waals surface area contributed by atoms with Crippen LogP contribution < -0.4 is 0 Å². The lowest BCUT2D eigenvalue weighted by atomic mass is 9.77. The Bertz CT molecular complexity index is 383. The van der Waals surface area contributed by atoms with E-state index in [2.05, 4.69) is 38.2 Å². The highest BCUT2D eigenvalue weighted by atomic mass is 14.3. The monoisotopic (exact) mass is 358 g/mol. The maximum absolute atomic E-state index is 2.55. The van der Waals surface area contributed by atoms with E-state index in [-0.39, 0.29) is 0 Å². The van der Waals surface area contributed by atoms with Crippen molar-refractivity contribution in [3.05, 3.63) is 24.3 Å². The molecule has 0 aliphatic heterocycles. The lowest BCUT2D eigenvalue weighted by Gasteiger charge is -2.29. The zero-order valence-electron chi connectivity index (χ0n) is 17.9. The summed E-state index contributed by atoms with van der Waals surface area (Å²) in [5.74, 6) is 3.98. The van der Waals surface area contributed by atoms with Gasteiger partial charge < -0.3 is 0 Å². The predicted octanol–water partition coefficient (Wildman–Crippen LogP) is 8.87. The maximum atomic E-state index is 2.55. The van der Waals surface area contributed by atoms with Crippen LogP contribution >= 0.6 is 0 Å². The van der Waals surface area contributed by atoms with Crippen molar-refractivity contribution in [1.29, 1.82) is 0 Å². The molecule has 0 N–H and O–H groups in total. The molecule has 0 aromatic carbocycles. The molecule has 2 atom stereocenters. The van der Waals surface area contributed by atoms with Crippen LogP contribution in [0.25, 0.3) is 0 Å². The van der Waals surface area contributed by atoms with Crippen LogP contribution in [-0.2, 0) is 0 Å². The van der Waals surface area contributed by atoms with Crippen LogP contribution in [0.1, 0.15) is 117 Å². The molecule has 2 aliphatic rings. The van der Waals surface area contributed by atoms with E-state index >= 15 is 0 Å². The number of unbranched alkanes of at least 4 members (excludes halogenated alkanes) is 2. The molecule has 2 saturated carbocycles. The van der Waals surface area contributed by atoms with Gasteiger partial charge in [0.1, 0.15) is 0 Å². The molecule has 26 heavy (non-hydrogen) atoms. The SMILES string of the molecule is CC/C=C/CC1CCC(CCCCC2CCCC(/C=C/CCC)C2)CC1. The average Bonchev–Trinajstić information content (AvgIpc) is 2.67. The third-order valence-electron chi connectivity index (χ3n) is 7.00. The summed E-state index contributed by atoms with van der Waals surface area (Å²) in [5.41, 5.74) is 0. The van der Waals surface area contributed by atoms with Crippen LogP contribution in [0.4, 0.5) is 0 Å². The molecule has 0 saturated heterocycles. The minimum absolute atomic E-state index is 0.900. The molecule has 2 unspecified atom stereocenters. The summed E-state index contributed by atoms with van der Waals surface area (Å²) >= 11 is 0. The Kier molecular flexibility index (Phi) is 11.4. The lowest BCUT2D eigenvalue weighted by Crippen LogP contribution is -2.15. The molecule has 0 heteroatoms. The molecule has 2 rings (SSSR count). The van der Waals surface area contributed by atoms with E-state index in [1.54, 1.807) is 0 Å². The van der Waals surface area contributed by atoms with Crippen LogP contribution in [-0.4, -0.2) is 0 Å². The van der Waals surface area contributed by atoms with Gasteiger partial charge in [-0.15, -0.1) is 0 Å². The van der Waals surface area contributed by atoms with Gasteiger partial charge in [-0.3, -0.25) is 0 Å². The number of rotatable bonds is 11. The first-order valence-corrected chi connectivity index (χ1v) is 12.1. The van der Waals surface area contributed by atoms with Gasteiger partial charge in [-0.05, 0) is 68.6 Å². The second-order valence-electron chi connectivity index (χ2n) is 9.30. The smallest absolute Gasteiger partial charge is 0.0231 e. The summed E-state index contributed by atoms with van der Waals surface area (Å²) in [6.45, 7) is 4.52. The molecule has 0 bridgehead atoms. The van der Waals surface area contributed by atoms with Crippen molar-refractivity contribution in [1.82, 2.24) is 0 Å². The fourth-order valence-electron chi connectivity index (χ4n) is 5.30. The van der Waals surface area contributed by atoms with Gasteiger partial charge in [0.05, 0.1) is 0 Å². The van der Waals surface area contributed by atoms with Gasteiger partial charge in [0.2, 0.25) is 0 Å². The third-order valence-corrected chi connectivity index (χ3v) is 7.00. The normalized spacial score (nSPS) is 30.4. The minimum Gasteiger partial charge on any atom is -0.0888 e. The largest absolute Gasteiger partial charge is 0.0888 e. The van der Waals surface area contributed by atoms with E-state index in [9.17, 15) is 0 Å². The molecular formula is C26H46. The van der Waals surface area contributed by atoms with Crippen LogP contribution in [0.2, 0.25) is 0 Å². The van der Waals surface area contributed by atoms with Gasteiger partial charge in [-0.25, -0.2) is 0 Å². The first-order chi connectivity index (χ1) is 12.8. The van der Waals surface area contributed by atoms with Gasteiger partial charge in [0.15, 0.2) is 0 Å². The zero-order valence-corrected chi connectivity index (χ0v) is 17.9. The molecule has 0 nitrogen and oxygen atoms in total. The van der Waals surface area contributed by atoms with Crippen LogP contribution in [0.15, 0.2) is 24.3 Å². The molecule has 150 valence electrons. The third kappa shape index (κ3) is 8.92. The van der Waals surface area contributed by atoms with Gasteiger partial charge in [0, 0.05) is 0 Å². The van der Waals surface area contributed by atoms with Crippen molar-refractivity contribution < 1.29 is 0 Å². The second kappa shape index (κ2) is 13.6. The lowest BCUT2D eigenvalue weighted by molar-refractivity contribution is 0.250. The standard InChI is InChI=1S/C26H46/c1-3-5-7-12-23-18-20-24(21-19-23)13-9-10-15-26-17-11-16-25(22-26)14-8-6-4-2/h5,7-8,14,23-26H,3-4,6,9-13,15-22H2,1-2H3/b7-5+,14-8+. The molecule has 0 aromatic rings. The minimum atomic E-state index is 0.900. The van der Waals surface area contributed by atoms with E-state index < -0.39 is 0 Å². The van der Waals surface area contributed by atoms with Gasteiger partial charge in [-0.1, -0.05) is 95.9 Å². The topological polar surface area (TPSA) is 0 Å².